The van der Waals surface area contributed by atoms with Gasteiger partial charge in [-0.3, -0.25) is 4.79 Å². The molecule has 1 aliphatic heterocycles. The summed E-state index contributed by atoms with van der Waals surface area (Å²) in [5.41, 5.74) is -0.378. The van der Waals surface area contributed by atoms with Gasteiger partial charge in [0.05, 0.1) is 11.1 Å². The van der Waals surface area contributed by atoms with E-state index >= 15 is 0 Å². The summed E-state index contributed by atoms with van der Waals surface area (Å²) < 4.78 is -0.0115. The second kappa shape index (κ2) is 4.18. The van der Waals surface area contributed by atoms with Crippen LogP contribution in [0.25, 0.3) is 0 Å². The van der Waals surface area contributed by atoms with Crippen LogP contribution in [0.2, 0.25) is 0 Å². The molecule has 3 N–H and O–H groups in total. The monoisotopic (exact) mass is 327 g/mol. The van der Waals surface area contributed by atoms with Gasteiger partial charge in [0.1, 0.15) is 0 Å². The molecule has 15 heavy (non-hydrogen) atoms. The van der Waals surface area contributed by atoms with Crippen LogP contribution in [0.1, 0.15) is 40.5 Å². The fourth-order valence-corrected chi connectivity index (χ4v) is 2.98. The molecule has 0 spiro atoms. The fraction of sp³-hybridized carbons (Fsp3) is 0.900. The van der Waals surface area contributed by atoms with Crippen LogP contribution in [0.3, 0.4) is 0 Å². The lowest BCUT2D eigenvalue weighted by Crippen LogP contribution is -2.62. The van der Waals surface area contributed by atoms with E-state index in [1.54, 1.807) is 27.7 Å². The number of hydroxylamine groups is 2. The minimum atomic E-state index is -0.189. The molecule has 5 heteroatoms. The van der Waals surface area contributed by atoms with Crippen molar-refractivity contribution in [3.63, 3.8) is 0 Å². The molecule has 0 atom stereocenters. The van der Waals surface area contributed by atoms with Gasteiger partial charge in [-0.25, -0.2) is 0 Å². The van der Waals surface area contributed by atoms with Gasteiger partial charge < -0.3 is 10.5 Å². The van der Waals surface area contributed by atoms with Crippen molar-refractivity contribution in [3.05, 3.63) is 0 Å². The Kier molecular flexibility index (Phi) is 3.67. The zero-order chi connectivity index (χ0) is 11.9. The Morgan fingerprint density at radius 1 is 1.33 bits per heavy atom. The summed E-state index contributed by atoms with van der Waals surface area (Å²) in [4.78, 5) is 11.0. The van der Waals surface area contributed by atoms with Crippen LogP contribution in [0.5, 0.6) is 0 Å². The van der Waals surface area contributed by atoms with E-state index in [2.05, 4.69) is 5.32 Å². The van der Waals surface area contributed by atoms with Crippen LogP contribution in [-0.2, 0) is 0 Å². The maximum absolute atomic E-state index is 11.0. The minimum Gasteiger partial charge on any atom is -0.345 e. The van der Waals surface area contributed by atoms with E-state index in [9.17, 15) is 4.79 Å². The van der Waals surface area contributed by atoms with E-state index < -0.39 is 0 Å². The summed E-state index contributed by atoms with van der Waals surface area (Å²) in [5, 5.41) is 12.7. The molecule has 1 amide bonds. The number of nitrogens with zero attached hydrogens (tertiary/aromatic N) is 1. The number of carbonyl (C=O) groups is 1. The summed E-state index contributed by atoms with van der Waals surface area (Å²) in [6.07, 6.45) is 1.66. The number of halogens is 1. The molecule has 0 radical (unpaired) electrons. The van der Waals surface area contributed by atoms with E-state index in [1.165, 1.54) is 0 Å². The number of piperidine rings is 1. The molecule has 0 bridgehead atoms. The third-order valence-corrected chi connectivity index (χ3v) is 3.33. The van der Waals surface area contributed by atoms with E-state index in [4.69, 9.17) is 5.21 Å². The fourth-order valence-electron chi connectivity index (χ4n) is 2.54. The lowest BCUT2D eigenvalue weighted by Gasteiger charge is -2.47. The average Bonchev–Trinajstić information content (AvgIpc) is 1.97. The molecule has 0 aromatic rings. The molecule has 1 saturated heterocycles. The standard InChI is InChI=1S/C10H19IN2O2/c1-9(2)5-7(12-8(11)14)6-10(3,4)13(9)15/h7,15H,5-6H2,1-4H3,(H,12,14)/p+1. The number of nitrogens with one attached hydrogen (secondary N) is 1. The summed E-state index contributed by atoms with van der Waals surface area (Å²) in [5.74, 6) is 0. The van der Waals surface area contributed by atoms with Crippen LogP contribution in [0.15, 0.2) is 0 Å². The van der Waals surface area contributed by atoms with Crippen molar-refractivity contribution in [2.24, 2.45) is 0 Å². The Labute approximate surface area is 104 Å². The molecule has 0 aromatic heterocycles. The molecule has 1 heterocycles. The van der Waals surface area contributed by atoms with Crippen LogP contribution in [0, 0.1) is 0 Å². The van der Waals surface area contributed by atoms with E-state index in [-0.39, 0.29) is 21.0 Å². The van der Waals surface area contributed by atoms with Gasteiger partial charge in [-0.15, -0.1) is 0 Å². The summed E-state index contributed by atoms with van der Waals surface area (Å²) in [6.45, 7) is 8.20. The minimum absolute atomic E-state index is 0.0115. The second-order valence-corrected chi connectivity index (χ2v) is 6.46. The lowest BCUT2D eigenvalue weighted by atomic mass is 9.79. The van der Waals surface area contributed by atoms with Crippen molar-refractivity contribution in [1.82, 2.24) is 10.4 Å². The molecule has 1 aliphatic rings. The summed E-state index contributed by atoms with van der Waals surface area (Å²) in [7, 11) is 0. The Bertz CT molecular complexity index is 248. The number of hydrogen-bond donors (Lipinski definition) is 1. The number of rotatable bonds is 1. The van der Waals surface area contributed by atoms with Crippen molar-refractivity contribution in [2.75, 3.05) is 0 Å². The predicted octanol–water partition coefficient (Wildman–Crippen LogP) is 1.79. The molecule has 4 nitrogen and oxygen atoms in total. The van der Waals surface area contributed by atoms with Gasteiger partial charge in [-0.2, -0.15) is 0 Å². The van der Waals surface area contributed by atoms with Crippen molar-refractivity contribution >= 4 is 26.5 Å². The van der Waals surface area contributed by atoms with Gasteiger partial charge >= 0.3 is 0 Å². The zero-order valence-corrected chi connectivity index (χ0v) is 11.9. The maximum atomic E-state index is 11.0. The first-order chi connectivity index (χ1) is 6.65. The highest BCUT2D eigenvalue weighted by Gasteiger charge is 2.48. The summed E-state index contributed by atoms with van der Waals surface area (Å²) in [6, 6.07) is 0.181. The van der Waals surface area contributed by atoms with E-state index in [1.807, 2.05) is 27.7 Å². The molecular weight excluding hydrogens is 307 g/mol. The Hall–Kier alpha value is 0.120. The number of hydrogen-bond acceptors (Lipinski definition) is 2. The van der Waals surface area contributed by atoms with Crippen molar-refractivity contribution in [1.29, 1.82) is 0 Å². The van der Waals surface area contributed by atoms with Gasteiger partial charge in [0.25, 0.3) is 3.91 Å². The van der Waals surface area contributed by atoms with E-state index in [0.717, 1.165) is 12.8 Å². The summed E-state index contributed by atoms with van der Waals surface area (Å²) >= 11 is 1.76. The molecule has 0 aromatic carbocycles. The van der Waals surface area contributed by atoms with Crippen LogP contribution >= 0.6 is 22.6 Å². The highest BCUT2D eigenvalue weighted by atomic mass is 127. The molecule has 0 saturated carbocycles. The smallest absolute Gasteiger partial charge is 0.280 e. The SMILES string of the molecule is CC1(C)CC(NC(=O)I)CC(C)(C)N1[OH2+]. The van der Waals surface area contributed by atoms with Gasteiger partial charge in [-0.05, 0) is 40.5 Å². The van der Waals surface area contributed by atoms with Gasteiger partial charge in [0, 0.05) is 28.6 Å². The highest BCUT2D eigenvalue weighted by molar-refractivity contribution is 14.1. The molecule has 0 aliphatic carbocycles. The maximum Gasteiger partial charge on any atom is 0.280 e. The van der Waals surface area contributed by atoms with Crippen molar-refractivity contribution < 1.29 is 10.0 Å². The highest BCUT2D eigenvalue weighted by Crippen LogP contribution is 2.36. The molecular formula is C10H20IN2O2+. The first-order valence-electron chi connectivity index (χ1n) is 5.13. The van der Waals surface area contributed by atoms with Gasteiger partial charge in [0.2, 0.25) is 0 Å². The lowest BCUT2D eigenvalue weighted by molar-refractivity contribution is -0.245. The van der Waals surface area contributed by atoms with Crippen LogP contribution in [-0.4, -0.2) is 31.3 Å². The first kappa shape index (κ1) is 13.2. The average molecular weight is 327 g/mol. The topological polar surface area (TPSA) is 55.2 Å². The molecule has 1 rings (SSSR count). The van der Waals surface area contributed by atoms with Crippen molar-refractivity contribution in [2.45, 2.75) is 57.7 Å². The third kappa shape index (κ3) is 3.04. The predicted molar refractivity (Wildman–Crippen MR) is 69.2 cm³/mol. The Morgan fingerprint density at radius 3 is 2.07 bits per heavy atom. The third-order valence-electron chi connectivity index (χ3n) is 3.02. The van der Waals surface area contributed by atoms with Crippen LogP contribution < -0.4 is 5.32 Å². The van der Waals surface area contributed by atoms with Gasteiger partial charge in [0.15, 0.2) is 0 Å². The second-order valence-electron chi connectivity index (χ2n) is 5.48. The quantitative estimate of drug-likeness (QED) is 0.346. The first-order valence-corrected chi connectivity index (χ1v) is 6.20. The Morgan fingerprint density at radius 2 is 1.73 bits per heavy atom. The Balaban J connectivity index is 2.79. The molecule has 88 valence electrons. The van der Waals surface area contributed by atoms with Gasteiger partial charge in [-0.1, -0.05) is 5.06 Å². The van der Waals surface area contributed by atoms with E-state index in [0.29, 0.717) is 0 Å². The van der Waals surface area contributed by atoms with Crippen LogP contribution in [0.4, 0.5) is 4.79 Å². The zero-order valence-electron chi connectivity index (χ0n) is 9.72. The molecule has 1 fully saturated rings. The largest absolute Gasteiger partial charge is 0.345 e. The normalized spacial score (nSPS) is 26.3. The molecule has 0 unspecified atom stereocenters. The van der Waals surface area contributed by atoms with Crippen molar-refractivity contribution in [3.8, 4) is 0 Å². The number of carbonyl (C=O) groups excluding carboxylic acids is 1. The number of amides is 1.